The molecule has 1 aliphatic carbocycles. The van der Waals surface area contributed by atoms with Crippen LogP contribution in [0, 0.1) is 22.7 Å². The summed E-state index contributed by atoms with van der Waals surface area (Å²) in [6, 6.07) is 6.95. The summed E-state index contributed by atoms with van der Waals surface area (Å²) in [6.07, 6.45) is 2.91. The van der Waals surface area contributed by atoms with Crippen LogP contribution in [0.4, 0.5) is 5.00 Å². The monoisotopic (exact) mass is 465 g/mol. The normalized spacial score (nSPS) is 15.9. The molecule has 1 aromatic carbocycles. The van der Waals surface area contributed by atoms with Crippen molar-refractivity contribution in [3.8, 4) is 6.07 Å². The zero-order valence-electron chi connectivity index (χ0n) is 16.4. The first kappa shape index (κ1) is 22.0. The van der Waals surface area contributed by atoms with Gasteiger partial charge in [0.1, 0.15) is 11.1 Å². The fourth-order valence-corrected chi connectivity index (χ4v) is 5.42. The molecule has 152 valence electrons. The summed E-state index contributed by atoms with van der Waals surface area (Å²) < 4.78 is 0. The van der Waals surface area contributed by atoms with Gasteiger partial charge in [0.2, 0.25) is 0 Å². The van der Waals surface area contributed by atoms with Gasteiger partial charge in [0.15, 0.2) is 5.11 Å². The number of nitrogens with one attached hydrogen (secondary N) is 2. The number of hydrogen-bond donors (Lipinski definition) is 2. The number of carbonyl (C=O) groups excluding carboxylic acids is 1. The highest BCUT2D eigenvalue weighted by molar-refractivity contribution is 7.80. The largest absolute Gasteiger partial charge is 0.323 e. The molecular weight excluding hydrogens is 445 g/mol. The van der Waals surface area contributed by atoms with Crippen LogP contribution >= 0.6 is 46.8 Å². The summed E-state index contributed by atoms with van der Waals surface area (Å²) >= 11 is 18.9. The van der Waals surface area contributed by atoms with Crippen LogP contribution < -0.4 is 10.6 Å². The lowest BCUT2D eigenvalue weighted by molar-refractivity contribution is 0.0978. The van der Waals surface area contributed by atoms with Gasteiger partial charge in [-0.05, 0) is 66.6 Å². The summed E-state index contributed by atoms with van der Waals surface area (Å²) in [7, 11) is 0. The topological polar surface area (TPSA) is 64.9 Å². The molecule has 0 fully saturated rings. The van der Waals surface area contributed by atoms with Crippen molar-refractivity contribution in [2.24, 2.45) is 11.3 Å². The van der Waals surface area contributed by atoms with Crippen LogP contribution in [-0.4, -0.2) is 11.0 Å². The van der Waals surface area contributed by atoms with Gasteiger partial charge in [0.05, 0.1) is 16.1 Å². The predicted octanol–water partition coefficient (Wildman–Crippen LogP) is 6.20. The van der Waals surface area contributed by atoms with Crippen molar-refractivity contribution in [3.63, 3.8) is 0 Å². The van der Waals surface area contributed by atoms with E-state index in [0.717, 1.165) is 24.8 Å². The summed E-state index contributed by atoms with van der Waals surface area (Å²) in [5, 5.41) is 16.8. The molecule has 0 bridgehead atoms. The number of thiocarbonyl (C=S) groups is 1. The Morgan fingerprint density at radius 2 is 2.07 bits per heavy atom. The molecule has 0 unspecified atom stereocenters. The molecule has 1 aromatic heterocycles. The number of anilines is 1. The first-order valence-electron chi connectivity index (χ1n) is 9.22. The van der Waals surface area contributed by atoms with E-state index in [4.69, 9.17) is 35.4 Å². The highest BCUT2D eigenvalue weighted by Crippen LogP contribution is 2.43. The SMILES string of the molecule is CC(C)(C)[C@H]1CCc2c(sc(NC(=S)NC(=O)c3cc(Cl)ccc3Cl)c2C#N)C1. The molecule has 3 rings (SSSR count). The van der Waals surface area contributed by atoms with Crippen LogP contribution in [-0.2, 0) is 12.8 Å². The van der Waals surface area contributed by atoms with Crippen molar-refractivity contribution in [1.82, 2.24) is 5.32 Å². The van der Waals surface area contributed by atoms with Gasteiger partial charge in [0, 0.05) is 9.90 Å². The fraction of sp³-hybridized carbons (Fsp3) is 0.381. The molecule has 0 aliphatic heterocycles. The fourth-order valence-electron chi connectivity index (χ4n) is 3.51. The number of amides is 1. The van der Waals surface area contributed by atoms with Crippen LogP contribution in [0.2, 0.25) is 10.0 Å². The molecular formula is C21H21Cl2N3OS2. The molecule has 0 saturated carbocycles. The number of benzene rings is 1. The number of nitrogens with zero attached hydrogens (tertiary/aromatic N) is 1. The van der Waals surface area contributed by atoms with Gasteiger partial charge >= 0.3 is 0 Å². The van der Waals surface area contributed by atoms with Crippen molar-refractivity contribution in [1.29, 1.82) is 5.26 Å². The van der Waals surface area contributed by atoms with Gasteiger partial charge in [-0.25, -0.2) is 0 Å². The maximum absolute atomic E-state index is 12.5. The second kappa shape index (κ2) is 8.61. The molecule has 1 atom stereocenters. The van der Waals surface area contributed by atoms with E-state index in [1.165, 1.54) is 10.9 Å². The number of thiophene rings is 1. The second-order valence-electron chi connectivity index (χ2n) is 8.16. The number of carbonyl (C=O) groups is 1. The number of hydrogen-bond acceptors (Lipinski definition) is 4. The summed E-state index contributed by atoms with van der Waals surface area (Å²) in [4.78, 5) is 13.7. The quantitative estimate of drug-likeness (QED) is 0.517. The highest BCUT2D eigenvalue weighted by Gasteiger charge is 2.32. The molecule has 1 amide bonds. The molecule has 8 heteroatoms. The number of fused-ring (bicyclic) bond motifs is 1. The van der Waals surface area contributed by atoms with Gasteiger partial charge in [-0.1, -0.05) is 44.0 Å². The van der Waals surface area contributed by atoms with Crippen molar-refractivity contribution in [2.45, 2.75) is 40.0 Å². The average molecular weight is 466 g/mol. The van der Waals surface area contributed by atoms with E-state index in [2.05, 4.69) is 37.5 Å². The van der Waals surface area contributed by atoms with Crippen LogP contribution in [0.5, 0.6) is 0 Å². The first-order chi connectivity index (χ1) is 13.6. The molecule has 0 saturated heterocycles. The minimum atomic E-state index is -0.456. The van der Waals surface area contributed by atoms with Crippen molar-refractivity contribution < 1.29 is 4.79 Å². The summed E-state index contributed by atoms with van der Waals surface area (Å²) in [6.45, 7) is 6.77. The number of nitriles is 1. The van der Waals surface area contributed by atoms with Crippen molar-refractivity contribution >= 4 is 62.8 Å². The lowest BCUT2D eigenvalue weighted by Crippen LogP contribution is -2.34. The van der Waals surface area contributed by atoms with E-state index >= 15 is 0 Å². The molecule has 4 nitrogen and oxygen atoms in total. The minimum Gasteiger partial charge on any atom is -0.323 e. The minimum absolute atomic E-state index is 0.119. The Hall–Kier alpha value is -1.65. The number of rotatable bonds is 2. The highest BCUT2D eigenvalue weighted by atomic mass is 35.5. The van der Waals surface area contributed by atoms with Crippen molar-refractivity contribution in [2.75, 3.05) is 5.32 Å². The van der Waals surface area contributed by atoms with E-state index < -0.39 is 5.91 Å². The zero-order chi connectivity index (χ0) is 21.3. The van der Waals surface area contributed by atoms with Crippen LogP contribution in [0.1, 0.15) is 53.6 Å². The lowest BCUT2D eigenvalue weighted by Gasteiger charge is -2.33. The van der Waals surface area contributed by atoms with Crippen molar-refractivity contribution in [3.05, 3.63) is 49.8 Å². The Morgan fingerprint density at radius 1 is 1.34 bits per heavy atom. The van der Waals surface area contributed by atoms with Gasteiger partial charge < -0.3 is 5.32 Å². The standard InChI is InChI=1S/C21H21Cl2N3OS2/c1-21(2,3)11-4-6-13-15(10-24)19(29-17(13)8-11)26-20(28)25-18(27)14-9-12(22)5-7-16(14)23/h5,7,9,11H,4,6,8H2,1-3H3,(H2,25,26,27,28)/t11-/m0/s1. The lowest BCUT2D eigenvalue weighted by atomic mass is 9.72. The Kier molecular flexibility index (Phi) is 6.54. The van der Waals surface area contributed by atoms with Gasteiger partial charge in [-0.15, -0.1) is 11.3 Å². The van der Waals surface area contributed by atoms with E-state index in [-0.39, 0.29) is 21.1 Å². The third kappa shape index (κ3) is 4.92. The van der Waals surface area contributed by atoms with Gasteiger partial charge in [0.25, 0.3) is 5.91 Å². The van der Waals surface area contributed by atoms with E-state index in [1.807, 2.05) is 0 Å². The van der Waals surface area contributed by atoms with E-state index in [9.17, 15) is 10.1 Å². The predicted molar refractivity (Wildman–Crippen MR) is 124 cm³/mol. The maximum Gasteiger partial charge on any atom is 0.258 e. The van der Waals surface area contributed by atoms with Crippen LogP contribution in [0.25, 0.3) is 0 Å². The molecule has 2 N–H and O–H groups in total. The van der Waals surface area contributed by atoms with Gasteiger partial charge in [-0.2, -0.15) is 5.26 Å². The Balaban J connectivity index is 1.76. The maximum atomic E-state index is 12.5. The smallest absolute Gasteiger partial charge is 0.258 e. The second-order valence-corrected chi connectivity index (χ2v) is 10.5. The molecule has 0 spiro atoms. The summed E-state index contributed by atoms with van der Waals surface area (Å²) in [5.74, 6) is 0.118. The van der Waals surface area contributed by atoms with E-state index in [1.54, 1.807) is 23.5 Å². The molecule has 1 aliphatic rings. The third-order valence-electron chi connectivity index (χ3n) is 5.23. The first-order valence-corrected chi connectivity index (χ1v) is 11.2. The molecule has 1 heterocycles. The number of halogens is 2. The molecule has 2 aromatic rings. The van der Waals surface area contributed by atoms with Crippen LogP contribution in [0.15, 0.2) is 18.2 Å². The molecule has 29 heavy (non-hydrogen) atoms. The third-order valence-corrected chi connectivity index (χ3v) is 7.17. The summed E-state index contributed by atoms with van der Waals surface area (Å²) in [5.41, 5.74) is 2.19. The van der Waals surface area contributed by atoms with Crippen LogP contribution in [0.3, 0.4) is 0 Å². The van der Waals surface area contributed by atoms with E-state index in [0.29, 0.717) is 21.5 Å². The average Bonchev–Trinajstić information content (AvgIpc) is 2.98. The Morgan fingerprint density at radius 3 is 2.72 bits per heavy atom. The zero-order valence-corrected chi connectivity index (χ0v) is 19.5. The Bertz CT molecular complexity index is 1020. The Labute approximate surface area is 190 Å². The molecule has 0 radical (unpaired) electrons. The van der Waals surface area contributed by atoms with Gasteiger partial charge in [-0.3, -0.25) is 10.1 Å².